The highest BCUT2D eigenvalue weighted by Crippen LogP contribution is 2.21. The molecule has 4 rings (SSSR count). The maximum atomic E-state index is 12.1. The summed E-state index contributed by atoms with van der Waals surface area (Å²) in [5, 5.41) is 3.41. The molecule has 3 aromatic carbocycles. The van der Waals surface area contributed by atoms with Gasteiger partial charge in [0.1, 0.15) is 11.5 Å². The van der Waals surface area contributed by atoms with Gasteiger partial charge in [-0.25, -0.2) is 9.59 Å². The van der Waals surface area contributed by atoms with Crippen LogP contribution in [0.1, 0.15) is 23.7 Å². The van der Waals surface area contributed by atoms with Crippen LogP contribution < -0.4 is 20.4 Å². The van der Waals surface area contributed by atoms with Gasteiger partial charge in [0.15, 0.2) is 0 Å². The molecule has 0 saturated carbocycles. The number of para-hydroxylation sites is 1. The molecule has 0 aliphatic heterocycles. The minimum atomic E-state index is -0.458. The molecule has 4 aromatic rings. The molecular weight excluding hydrogens is 436 g/mol. The smallest absolute Gasteiger partial charge is 0.348 e. The van der Waals surface area contributed by atoms with Crippen molar-refractivity contribution < 1.29 is 23.4 Å². The van der Waals surface area contributed by atoms with Gasteiger partial charge in [0.05, 0.1) is 36.3 Å². The van der Waals surface area contributed by atoms with Crippen LogP contribution in [0, 0.1) is 0 Å². The summed E-state index contributed by atoms with van der Waals surface area (Å²) in [7, 11) is 0. The van der Waals surface area contributed by atoms with Gasteiger partial charge in [-0.2, -0.15) is 4.98 Å². The molecule has 0 aliphatic carbocycles. The van der Waals surface area contributed by atoms with Gasteiger partial charge in [-0.15, -0.1) is 0 Å². The Morgan fingerprint density at radius 2 is 1.76 bits per heavy atom. The lowest BCUT2D eigenvalue weighted by atomic mass is 10.2. The third kappa shape index (κ3) is 5.92. The van der Waals surface area contributed by atoms with Crippen LogP contribution in [0.4, 0.5) is 11.7 Å². The molecule has 0 fully saturated rings. The standard InChI is InChI=1S/C26H24N2O6/c1-2-31-20-13-11-18(12-14-20)24(29)33-16-6-15-32-21-8-5-7-19(17-21)27-26-28-23-10-4-3-9-22(23)25(30)34-26/h3-5,7-14,17H,2,6,15-16H2,1H3,(H,27,28). The van der Waals surface area contributed by atoms with E-state index in [1.165, 1.54) is 0 Å². The molecule has 0 amide bonds. The first kappa shape index (κ1) is 22.8. The average molecular weight is 460 g/mol. The number of carbonyl (C=O) groups is 1. The molecule has 0 atom stereocenters. The Morgan fingerprint density at radius 3 is 2.59 bits per heavy atom. The second-order valence-electron chi connectivity index (χ2n) is 7.27. The molecule has 0 unspecified atom stereocenters. The lowest BCUT2D eigenvalue weighted by Crippen LogP contribution is -2.09. The summed E-state index contributed by atoms with van der Waals surface area (Å²) in [4.78, 5) is 28.6. The molecule has 1 N–H and O–H groups in total. The van der Waals surface area contributed by atoms with Gasteiger partial charge in [0.2, 0.25) is 0 Å². The Balaban J connectivity index is 1.25. The van der Waals surface area contributed by atoms with Crippen molar-refractivity contribution in [2.75, 3.05) is 25.1 Å². The largest absolute Gasteiger partial charge is 0.494 e. The minimum absolute atomic E-state index is 0.0991. The summed E-state index contributed by atoms with van der Waals surface area (Å²) in [6.07, 6.45) is 0.529. The van der Waals surface area contributed by atoms with E-state index in [2.05, 4.69) is 10.3 Å². The number of nitrogens with one attached hydrogen (secondary N) is 1. The minimum Gasteiger partial charge on any atom is -0.494 e. The number of nitrogens with zero attached hydrogens (tertiary/aromatic N) is 1. The van der Waals surface area contributed by atoms with Crippen LogP contribution in [0.15, 0.2) is 82.0 Å². The number of hydrogen-bond donors (Lipinski definition) is 1. The second kappa shape index (κ2) is 11.0. The first-order valence-electron chi connectivity index (χ1n) is 10.9. The number of fused-ring (bicyclic) bond motifs is 1. The van der Waals surface area contributed by atoms with E-state index in [0.29, 0.717) is 53.3 Å². The van der Waals surface area contributed by atoms with Crippen molar-refractivity contribution in [3.63, 3.8) is 0 Å². The lowest BCUT2D eigenvalue weighted by molar-refractivity contribution is 0.0486. The molecule has 8 nitrogen and oxygen atoms in total. The van der Waals surface area contributed by atoms with Crippen molar-refractivity contribution in [1.29, 1.82) is 0 Å². The fourth-order valence-corrected chi connectivity index (χ4v) is 3.21. The molecule has 0 radical (unpaired) electrons. The van der Waals surface area contributed by atoms with E-state index in [1.807, 2.05) is 25.1 Å². The third-order valence-electron chi connectivity index (χ3n) is 4.81. The van der Waals surface area contributed by atoms with E-state index in [9.17, 15) is 9.59 Å². The van der Waals surface area contributed by atoms with Gasteiger partial charge in [-0.1, -0.05) is 18.2 Å². The summed E-state index contributed by atoms with van der Waals surface area (Å²) < 4.78 is 21.7. The Bertz CT molecular complexity index is 1320. The summed E-state index contributed by atoms with van der Waals surface area (Å²) in [6.45, 7) is 3.07. The average Bonchev–Trinajstić information content (AvgIpc) is 2.85. The van der Waals surface area contributed by atoms with E-state index in [-0.39, 0.29) is 12.6 Å². The summed E-state index contributed by atoms with van der Waals surface area (Å²) in [5.74, 6) is 0.937. The van der Waals surface area contributed by atoms with Crippen LogP contribution >= 0.6 is 0 Å². The molecule has 0 saturated heterocycles. The fraction of sp³-hybridized carbons (Fsp3) is 0.192. The number of carbonyl (C=O) groups excluding carboxylic acids is 1. The highest BCUT2D eigenvalue weighted by Gasteiger charge is 2.08. The third-order valence-corrected chi connectivity index (χ3v) is 4.81. The zero-order chi connectivity index (χ0) is 23.8. The molecule has 0 aliphatic rings. The molecule has 0 bridgehead atoms. The second-order valence-corrected chi connectivity index (χ2v) is 7.27. The maximum Gasteiger partial charge on any atom is 0.348 e. The number of anilines is 2. The van der Waals surface area contributed by atoms with Crippen LogP contribution in [-0.2, 0) is 4.74 Å². The molecule has 8 heteroatoms. The van der Waals surface area contributed by atoms with Crippen molar-refractivity contribution >= 4 is 28.6 Å². The van der Waals surface area contributed by atoms with Crippen LogP contribution in [-0.4, -0.2) is 30.8 Å². The van der Waals surface area contributed by atoms with E-state index in [1.54, 1.807) is 54.6 Å². The van der Waals surface area contributed by atoms with Gasteiger partial charge in [0, 0.05) is 18.2 Å². The van der Waals surface area contributed by atoms with Crippen molar-refractivity contribution in [1.82, 2.24) is 4.98 Å². The maximum absolute atomic E-state index is 12.1. The van der Waals surface area contributed by atoms with Gasteiger partial charge in [-0.05, 0) is 55.5 Å². The number of ether oxygens (including phenoxy) is 3. The molecule has 34 heavy (non-hydrogen) atoms. The van der Waals surface area contributed by atoms with Crippen molar-refractivity contribution in [2.45, 2.75) is 13.3 Å². The topological polar surface area (TPSA) is 99.9 Å². The van der Waals surface area contributed by atoms with Crippen molar-refractivity contribution in [2.24, 2.45) is 0 Å². The van der Waals surface area contributed by atoms with E-state index < -0.39 is 11.6 Å². The molecule has 0 spiro atoms. The zero-order valence-corrected chi connectivity index (χ0v) is 18.7. The van der Waals surface area contributed by atoms with E-state index in [0.717, 1.165) is 0 Å². The highest BCUT2D eigenvalue weighted by molar-refractivity contribution is 5.89. The highest BCUT2D eigenvalue weighted by atomic mass is 16.5. The number of esters is 1. The van der Waals surface area contributed by atoms with E-state index in [4.69, 9.17) is 18.6 Å². The Labute approximate surface area is 196 Å². The van der Waals surface area contributed by atoms with Crippen LogP contribution in [0.5, 0.6) is 11.5 Å². The SMILES string of the molecule is CCOc1ccc(C(=O)OCCCOc2cccc(Nc3nc4ccccc4c(=O)o3)c2)cc1. The van der Waals surface area contributed by atoms with Gasteiger partial charge in [0.25, 0.3) is 0 Å². The number of aromatic nitrogens is 1. The fourth-order valence-electron chi connectivity index (χ4n) is 3.21. The van der Waals surface area contributed by atoms with E-state index >= 15 is 0 Å². The van der Waals surface area contributed by atoms with Gasteiger partial charge >= 0.3 is 17.6 Å². The summed E-state index contributed by atoms with van der Waals surface area (Å²) >= 11 is 0. The zero-order valence-electron chi connectivity index (χ0n) is 18.7. The number of hydrogen-bond acceptors (Lipinski definition) is 8. The Hall–Kier alpha value is -4.33. The predicted octanol–water partition coefficient (Wildman–Crippen LogP) is 4.96. The first-order chi connectivity index (χ1) is 16.6. The van der Waals surface area contributed by atoms with Gasteiger partial charge < -0.3 is 23.9 Å². The molecule has 174 valence electrons. The summed E-state index contributed by atoms with van der Waals surface area (Å²) in [5.41, 5.74) is 1.22. The monoisotopic (exact) mass is 460 g/mol. The first-order valence-corrected chi connectivity index (χ1v) is 10.9. The molecule has 1 aromatic heterocycles. The van der Waals surface area contributed by atoms with Crippen molar-refractivity contribution in [3.05, 3.63) is 88.8 Å². The van der Waals surface area contributed by atoms with Gasteiger partial charge in [-0.3, -0.25) is 0 Å². The number of rotatable bonds is 10. The quantitative estimate of drug-likeness (QED) is 0.262. The van der Waals surface area contributed by atoms with Crippen LogP contribution in [0.3, 0.4) is 0 Å². The lowest BCUT2D eigenvalue weighted by Gasteiger charge is -2.10. The summed E-state index contributed by atoms with van der Waals surface area (Å²) in [6, 6.07) is 21.1. The predicted molar refractivity (Wildman–Crippen MR) is 128 cm³/mol. The Morgan fingerprint density at radius 1 is 0.941 bits per heavy atom. The van der Waals surface area contributed by atoms with Crippen molar-refractivity contribution in [3.8, 4) is 11.5 Å². The van der Waals surface area contributed by atoms with Crippen LogP contribution in [0.2, 0.25) is 0 Å². The normalized spacial score (nSPS) is 10.6. The Kier molecular flexibility index (Phi) is 7.39. The van der Waals surface area contributed by atoms with Crippen LogP contribution in [0.25, 0.3) is 10.9 Å². The molecule has 1 heterocycles. The molecular formula is C26H24N2O6. The number of benzene rings is 3.